The summed E-state index contributed by atoms with van der Waals surface area (Å²) in [7, 11) is -3.59. The summed E-state index contributed by atoms with van der Waals surface area (Å²) < 4.78 is 32.2. The molecule has 0 amide bonds. The quantitative estimate of drug-likeness (QED) is 0.832. The maximum atomic E-state index is 12.6. The topological polar surface area (TPSA) is 83.3 Å². The number of pyridine rings is 1. The van der Waals surface area contributed by atoms with E-state index in [2.05, 4.69) is 4.98 Å². The van der Waals surface area contributed by atoms with Crippen molar-refractivity contribution in [3.05, 3.63) is 52.7 Å². The Morgan fingerprint density at radius 3 is 2.71 bits per heavy atom. The van der Waals surface area contributed by atoms with E-state index in [4.69, 9.17) is 21.6 Å². The molecular formula is C16H14ClN3O3S. The Bertz CT molecular complexity index is 901. The number of nitrogens with zero attached hydrogens (tertiary/aromatic N) is 3. The average molecular weight is 364 g/mol. The first-order chi connectivity index (χ1) is 11.4. The minimum Gasteiger partial charge on any atom is -0.472 e. The summed E-state index contributed by atoms with van der Waals surface area (Å²) >= 11 is 5.91. The third-order valence-electron chi connectivity index (χ3n) is 3.74. The molecule has 3 rings (SSSR count). The van der Waals surface area contributed by atoms with Crippen molar-refractivity contribution in [2.24, 2.45) is 0 Å². The molecule has 0 bridgehead atoms. The van der Waals surface area contributed by atoms with Crippen LogP contribution in [0.15, 0.2) is 41.4 Å². The largest absolute Gasteiger partial charge is 0.472 e. The first-order valence-corrected chi connectivity index (χ1v) is 9.01. The van der Waals surface area contributed by atoms with Crippen LogP contribution in [0.2, 0.25) is 5.02 Å². The van der Waals surface area contributed by atoms with E-state index in [9.17, 15) is 8.42 Å². The van der Waals surface area contributed by atoms with Gasteiger partial charge in [0.2, 0.25) is 15.9 Å². The molecule has 1 fully saturated rings. The van der Waals surface area contributed by atoms with Gasteiger partial charge < -0.3 is 4.74 Å². The summed E-state index contributed by atoms with van der Waals surface area (Å²) in [5.41, 5.74) is 1.09. The number of halogens is 1. The molecule has 1 aromatic carbocycles. The molecule has 1 aliphatic heterocycles. The fourth-order valence-corrected chi connectivity index (χ4v) is 4.34. The second-order valence-corrected chi connectivity index (χ2v) is 7.81. The van der Waals surface area contributed by atoms with E-state index < -0.39 is 10.0 Å². The van der Waals surface area contributed by atoms with Crippen molar-refractivity contribution in [2.75, 3.05) is 13.1 Å². The van der Waals surface area contributed by atoms with Gasteiger partial charge in [-0.3, -0.25) is 0 Å². The molecule has 0 saturated carbocycles. The standard InChI is InChI=1S/C16H14ClN3O3S/c1-11-2-4-13(17)6-15(11)24(21,22)20-9-14(10-20)23-16-5-3-12(7-18)8-19-16/h2-6,8,14H,9-10H2,1H3. The van der Waals surface area contributed by atoms with Crippen molar-refractivity contribution in [1.29, 1.82) is 5.26 Å². The minimum atomic E-state index is -3.59. The van der Waals surface area contributed by atoms with Gasteiger partial charge in [-0.05, 0) is 30.7 Å². The van der Waals surface area contributed by atoms with Gasteiger partial charge in [0.25, 0.3) is 0 Å². The van der Waals surface area contributed by atoms with Crippen LogP contribution in [-0.2, 0) is 10.0 Å². The highest BCUT2D eigenvalue weighted by molar-refractivity contribution is 7.89. The molecule has 2 heterocycles. The number of aryl methyl sites for hydroxylation is 1. The van der Waals surface area contributed by atoms with Crippen LogP contribution in [-0.4, -0.2) is 36.9 Å². The van der Waals surface area contributed by atoms with E-state index >= 15 is 0 Å². The molecule has 124 valence electrons. The first kappa shape index (κ1) is 16.7. The molecule has 1 aliphatic rings. The lowest BCUT2D eigenvalue weighted by Gasteiger charge is -2.37. The van der Waals surface area contributed by atoms with Crippen LogP contribution in [0.1, 0.15) is 11.1 Å². The molecule has 0 aliphatic carbocycles. The SMILES string of the molecule is Cc1ccc(Cl)cc1S(=O)(=O)N1CC(Oc2ccc(C#N)cn2)C1. The second-order valence-electron chi connectivity index (χ2n) is 5.47. The van der Waals surface area contributed by atoms with E-state index in [-0.39, 0.29) is 24.1 Å². The van der Waals surface area contributed by atoms with E-state index in [1.807, 2.05) is 6.07 Å². The summed E-state index contributed by atoms with van der Waals surface area (Å²) in [6.07, 6.45) is 1.15. The summed E-state index contributed by atoms with van der Waals surface area (Å²) in [4.78, 5) is 4.23. The van der Waals surface area contributed by atoms with Crippen LogP contribution in [0.25, 0.3) is 0 Å². The molecule has 1 saturated heterocycles. The summed E-state index contributed by atoms with van der Waals surface area (Å²) in [6, 6.07) is 9.98. The Kier molecular flexibility index (Phi) is 4.45. The Morgan fingerprint density at radius 1 is 1.33 bits per heavy atom. The third kappa shape index (κ3) is 3.22. The first-order valence-electron chi connectivity index (χ1n) is 7.19. The summed E-state index contributed by atoms with van der Waals surface area (Å²) in [6.45, 7) is 2.23. The summed E-state index contributed by atoms with van der Waals surface area (Å²) in [5.74, 6) is 0.370. The molecule has 2 aromatic rings. The van der Waals surface area contributed by atoms with Crippen LogP contribution in [0, 0.1) is 18.3 Å². The van der Waals surface area contributed by atoms with Gasteiger partial charge in [0.1, 0.15) is 12.2 Å². The number of sulfonamides is 1. The van der Waals surface area contributed by atoms with Crippen LogP contribution < -0.4 is 4.74 Å². The molecule has 6 nitrogen and oxygen atoms in total. The normalized spacial score (nSPS) is 15.5. The van der Waals surface area contributed by atoms with Gasteiger partial charge >= 0.3 is 0 Å². The Balaban J connectivity index is 1.67. The number of hydrogen-bond acceptors (Lipinski definition) is 5. The fraction of sp³-hybridized carbons (Fsp3) is 0.250. The van der Waals surface area contributed by atoms with E-state index in [0.29, 0.717) is 22.0 Å². The van der Waals surface area contributed by atoms with Gasteiger partial charge in [-0.25, -0.2) is 13.4 Å². The molecule has 0 unspecified atom stereocenters. The molecule has 24 heavy (non-hydrogen) atoms. The van der Waals surface area contributed by atoms with Crippen molar-refractivity contribution >= 4 is 21.6 Å². The van der Waals surface area contributed by atoms with Crippen LogP contribution in [0.5, 0.6) is 5.88 Å². The number of nitriles is 1. The highest BCUT2D eigenvalue weighted by atomic mass is 35.5. The number of benzene rings is 1. The van der Waals surface area contributed by atoms with E-state index in [1.165, 1.54) is 16.6 Å². The molecule has 8 heteroatoms. The average Bonchev–Trinajstić information content (AvgIpc) is 2.53. The summed E-state index contributed by atoms with van der Waals surface area (Å²) in [5, 5.41) is 9.11. The Hall–Kier alpha value is -2.14. The van der Waals surface area contributed by atoms with Crippen molar-refractivity contribution in [2.45, 2.75) is 17.9 Å². The fourth-order valence-electron chi connectivity index (χ4n) is 2.35. The zero-order valence-electron chi connectivity index (χ0n) is 12.8. The third-order valence-corrected chi connectivity index (χ3v) is 5.94. The van der Waals surface area contributed by atoms with Crippen molar-refractivity contribution in [3.63, 3.8) is 0 Å². The lowest BCUT2D eigenvalue weighted by molar-refractivity contribution is 0.0720. The zero-order chi connectivity index (χ0) is 17.3. The molecular weight excluding hydrogens is 350 g/mol. The van der Waals surface area contributed by atoms with Crippen LogP contribution in [0.3, 0.4) is 0 Å². The molecule has 0 radical (unpaired) electrons. The van der Waals surface area contributed by atoms with Gasteiger partial charge in [-0.2, -0.15) is 9.57 Å². The smallest absolute Gasteiger partial charge is 0.243 e. The van der Waals surface area contributed by atoms with E-state index in [1.54, 1.807) is 31.2 Å². The highest BCUT2D eigenvalue weighted by Crippen LogP contribution is 2.28. The van der Waals surface area contributed by atoms with Gasteiger partial charge in [0.15, 0.2) is 0 Å². The number of hydrogen-bond donors (Lipinski definition) is 0. The second kappa shape index (κ2) is 6.40. The van der Waals surface area contributed by atoms with Crippen LogP contribution in [0.4, 0.5) is 0 Å². The predicted molar refractivity (Wildman–Crippen MR) is 88.3 cm³/mol. The molecule has 0 N–H and O–H groups in total. The van der Waals surface area contributed by atoms with Crippen molar-refractivity contribution < 1.29 is 13.2 Å². The Morgan fingerprint density at radius 2 is 2.08 bits per heavy atom. The molecule has 0 atom stereocenters. The monoisotopic (exact) mass is 363 g/mol. The molecule has 0 spiro atoms. The van der Waals surface area contributed by atoms with Gasteiger partial charge in [-0.15, -0.1) is 0 Å². The van der Waals surface area contributed by atoms with Crippen molar-refractivity contribution in [1.82, 2.24) is 9.29 Å². The number of ether oxygens (including phenoxy) is 1. The van der Waals surface area contributed by atoms with E-state index in [0.717, 1.165) is 0 Å². The van der Waals surface area contributed by atoms with Crippen LogP contribution >= 0.6 is 11.6 Å². The Labute approximate surface area is 145 Å². The highest BCUT2D eigenvalue weighted by Gasteiger charge is 2.39. The minimum absolute atomic E-state index is 0.213. The van der Waals surface area contributed by atoms with Gasteiger partial charge in [0.05, 0.1) is 23.5 Å². The number of aromatic nitrogens is 1. The maximum absolute atomic E-state index is 12.6. The number of rotatable bonds is 4. The lowest BCUT2D eigenvalue weighted by atomic mass is 10.2. The van der Waals surface area contributed by atoms with Gasteiger partial charge in [-0.1, -0.05) is 17.7 Å². The molecule has 1 aromatic heterocycles. The lowest BCUT2D eigenvalue weighted by Crippen LogP contribution is -2.56. The van der Waals surface area contributed by atoms with Crippen molar-refractivity contribution in [3.8, 4) is 11.9 Å². The predicted octanol–water partition coefficient (Wildman–Crippen LogP) is 2.37. The van der Waals surface area contributed by atoms with Gasteiger partial charge in [0, 0.05) is 17.3 Å². The maximum Gasteiger partial charge on any atom is 0.243 e. The zero-order valence-corrected chi connectivity index (χ0v) is 14.4.